The van der Waals surface area contributed by atoms with Gasteiger partial charge in [0.15, 0.2) is 17.5 Å². The number of thiophene rings is 1. The molecule has 69 heavy (non-hydrogen) atoms. The van der Waals surface area contributed by atoms with Crippen molar-refractivity contribution in [1.29, 1.82) is 0 Å². The SMILES string of the molecule is c1ccc(-c2nc(-c3cccc4oc5ccc(-c6cccc(-c7cccc8c7-c7ccccc7C87c8ccccc8-c8ccccc87)c6)cc5c34)nc(-c3cccc4sc5ccccc5c34)n2)cc1. The smallest absolute Gasteiger partial charge is 0.164 e. The van der Waals surface area contributed by atoms with E-state index in [1.165, 1.54) is 70.4 Å². The summed E-state index contributed by atoms with van der Waals surface area (Å²) in [5, 5.41) is 4.34. The molecule has 0 saturated carbocycles. The molecule has 0 bridgehead atoms. The van der Waals surface area contributed by atoms with E-state index in [0.717, 1.165) is 55.1 Å². The lowest BCUT2D eigenvalue weighted by Crippen LogP contribution is -2.25. The molecule has 4 nitrogen and oxygen atoms in total. The fourth-order valence-corrected chi connectivity index (χ4v) is 12.9. The molecule has 3 heterocycles. The molecular weight excluding hydrogens is 859 g/mol. The molecular formula is C64H37N3OS. The van der Waals surface area contributed by atoms with Gasteiger partial charge in [0.05, 0.1) is 5.41 Å². The lowest BCUT2D eigenvalue weighted by atomic mass is 9.70. The predicted molar refractivity (Wildman–Crippen MR) is 283 cm³/mol. The van der Waals surface area contributed by atoms with Crippen molar-refractivity contribution in [3.63, 3.8) is 0 Å². The summed E-state index contributed by atoms with van der Waals surface area (Å²) in [5.41, 5.74) is 19.2. The number of aromatic nitrogens is 3. The number of benzene rings is 10. The van der Waals surface area contributed by atoms with E-state index in [-0.39, 0.29) is 0 Å². The normalized spacial score (nSPS) is 13.0. The molecule has 0 unspecified atom stereocenters. The lowest BCUT2D eigenvalue weighted by molar-refractivity contribution is 0.669. The van der Waals surface area contributed by atoms with Crippen LogP contribution in [0.5, 0.6) is 0 Å². The number of hydrogen-bond donors (Lipinski definition) is 0. The van der Waals surface area contributed by atoms with E-state index in [4.69, 9.17) is 19.4 Å². The molecule has 0 saturated heterocycles. The van der Waals surface area contributed by atoms with Crippen LogP contribution in [0.3, 0.4) is 0 Å². The molecule has 2 aliphatic rings. The van der Waals surface area contributed by atoms with Gasteiger partial charge in [-0.05, 0) is 103 Å². The quantitative estimate of drug-likeness (QED) is 0.173. The molecule has 1 spiro atoms. The summed E-state index contributed by atoms with van der Waals surface area (Å²) in [6, 6.07) is 80.9. The maximum absolute atomic E-state index is 6.63. The summed E-state index contributed by atoms with van der Waals surface area (Å²) in [4.78, 5) is 15.7. The van der Waals surface area contributed by atoms with Crippen LogP contribution >= 0.6 is 11.3 Å². The zero-order chi connectivity index (χ0) is 45.2. The van der Waals surface area contributed by atoms with Gasteiger partial charge in [-0.25, -0.2) is 15.0 Å². The Morgan fingerprint density at radius 3 is 1.65 bits per heavy atom. The average molecular weight is 896 g/mol. The summed E-state index contributed by atoms with van der Waals surface area (Å²) in [5.74, 6) is 1.86. The van der Waals surface area contributed by atoms with E-state index in [9.17, 15) is 0 Å². The summed E-state index contributed by atoms with van der Waals surface area (Å²) < 4.78 is 9.07. The Bertz CT molecular complexity index is 4230. The highest BCUT2D eigenvalue weighted by Gasteiger charge is 2.52. The Morgan fingerprint density at radius 1 is 0.319 bits per heavy atom. The van der Waals surface area contributed by atoms with Crippen molar-refractivity contribution < 1.29 is 4.42 Å². The number of hydrogen-bond acceptors (Lipinski definition) is 5. The first-order chi connectivity index (χ1) is 34.2. The molecule has 0 N–H and O–H groups in total. The number of furan rings is 1. The largest absolute Gasteiger partial charge is 0.456 e. The van der Waals surface area contributed by atoms with Crippen LogP contribution in [0.2, 0.25) is 0 Å². The first-order valence-corrected chi connectivity index (χ1v) is 24.2. The Kier molecular flexibility index (Phi) is 8.12. The maximum atomic E-state index is 6.63. The molecule has 13 aromatic rings. The van der Waals surface area contributed by atoms with Gasteiger partial charge in [0.1, 0.15) is 11.2 Å². The van der Waals surface area contributed by atoms with Crippen molar-refractivity contribution in [2.24, 2.45) is 0 Å². The molecule has 0 fully saturated rings. The monoisotopic (exact) mass is 895 g/mol. The third-order valence-electron chi connectivity index (χ3n) is 14.6. The highest BCUT2D eigenvalue weighted by Crippen LogP contribution is 2.64. The second-order valence-electron chi connectivity index (χ2n) is 18.1. The molecule has 15 rings (SSSR count). The van der Waals surface area contributed by atoms with Crippen molar-refractivity contribution in [3.05, 3.63) is 247 Å². The third-order valence-corrected chi connectivity index (χ3v) is 15.7. The molecule has 2 aliphatic carbocycles. The van der Waals surface area contributed by atoms with Gasteiger partial charge >= 0.3 is 0 Å². The van der Waals surface area contributed by atoms with Crippen LogP contribution in [-0.2, 0) is 5.41 Å². The fourth-order valence-electron chi connectivity index (χ4n) is 11.7. The van der Waals surface area contributed by atoms with E-state index < -0.39 is 5.41 Å². The molecule has 0 amide bonds. The maximum Gasteiger partial charge on any atom is 0.164 e. The lowest BCUT2D eigenvalue weighted by Gasteiger charge is -2.30. The minimum Gasteiger partial charge on any atom is -0.456 e. The zero-order valence-corrected chi connectivity index (χ0v) is 37.8. The molecule has 10 aromatic carbocycles. The van der Waals surface area contributed by atoms with Crippen LogP contribution < -0.4 is 0 Å². The van der Waals surface area contributed by atoms with Crippen LogP contribution in [-0.4, -0.2) is 15.0 Å². The van der Waals surface area contributed by atoms with Crippen molar-refractivity contribution >= 4 is 53.4 Å². The summed E-state index contributed by atoms with van der Waals surface area (Å²) in [6.45, 7) is 0. The van der Waals surface area contributed by atoms with Crippen LogP contribution in [0.25, 0.3) is 121 Å². The van der Waals surface area contributed by atoms with Gasteiger partial charge < -0.3 is 4.42 Å². The van der Waals surface area contributed by atoms with Crippen molar-refractivity contribution in [2.45, 2.75) is 5.41 Å². The van der Waals surface area contributed by atoms with Crippen LogP contribution in [0, 0.1) is 0 Å². The average Bonchev–Trinajstić information content (AvgIpc) is 4.16. The minimum absolute atomic E-state index is 0.398. The van der Waals surface area contributed by atoms with Gasteiger partial charge in [-0.3, -0.25) is 0 Å². The second kappa shape index (κ2) is 14.6. The van der Waals surface area contributed by atoms with Crippen molar-refractivity contribution in [2.75, 3.05) is 0 Å². The highest BCUT2D eigenvalue weighted by molar-refractivity contribution is 7.25. The fraction of sp³-hybridized carbons (Fsp3) is 0.0156. The first kappa shape index (κ1) is 38.3. The Hall–Kier alpha value is -8.77. The molecule has 5 heteroatoms. The summed E-state index contributed by atoms with van der Waals surface area (Å²) in [7, 11) is 0. The van der Waals surface area contributed by atoms with E-state index in [1.807, 2.05) is 30.3 Å². The molecule has 320 valence electrons. The molecule has 0 radical (unpaired) electrons. The standard InChI is InChI=1S/C64H37N3OS/c1-2-16-38(17-3-1)61-65-62(67-63(66-61)48-26-15-33-57-60(48)46-23-7-11-32-56(46)69-57)47-25-14-31-55-59(47)49-37-40(34-35-54(49)68-55)39-18-12-19-41(36-39)42-24-13-30-53-58(42)45-22-6-10-29-52(45)64(53)50-27-8-4-20-43(50)44-21-5-9-28-51(44)64/h1-37H. The van der Waals surface area contributed by atoms with Crippen LogP contribution in [0.15, 0.2) is 229 Å². The molecule has 0 atom stereocenters. The van der Waals surface area contributed by atoms with Crippen molar-refractivity contribution in [1.82, 2.24) is 15.0 Å². The van der Waals surface area contributed by atoms with Gasteiger partial charge in [-0.1, -0.05) is 188 Å². The Balaban J connectivity index is 0.892. The van der Waals surface area contributed by atoms with E-state index in [1.54, 1.807) is 11.3 Å². The summed E-state index contributed by atoms with van der Waals surface area (Å²) >= 11 is 1.79. The topological polar surface area (TPSA) is 51.8 Å². The highest BCUT2D eigenvalue weighted by atomic mass is 32.1. The van der Waals surface area contributed by atoms with Crippen molar-refractivity contribution in [3.8, 4) is 78.7 Å². The Labute approximate surface area is 401 Å². The number of nitrogens with zero attached hydrogens (tertiary/aromatic N) is 3. The van der Waals surface area contributed by atoms with Gasteiger partial charge in [-0.2, -0.15) is 0 Å². The van der Waals surface area contributed by atoms with E-state index in [2.05, 4.69) is 194 Å². The van der Waals surface area contributed by atoms with Gasteiger partial charge in [0.2, 0.25) is 0 Å². The number of rotatable bonds is 5. The molecule has 3 aromatic heterocycles. The number of fused-ring (bicyclic) bond motifs is 16. The van der Waals surface area contributed by atoms with E-state index in [0.29, 0.717) is 17.5 Å². The predicted octanol–water partition coefficient (Wildman–Crippen LogP) is 16.8. The third kappa shape index (κ3) is 5.48. The molecule has 0 aliphatic heterocycles. The zero-order valence-electron chi connectivity index (χ0n) is 37.0. The van der Waals surface area contributed by atoms with E-state index >= 15 is 0 Å². The first-order valence-electron chi connectivity index (χ1n) is 23.4. The van der Waals surface area contributed by atoms with Gasteiger partial charge in [0.25, 0.3) is 0 Å². The van der Waals surface area contributed by atoms with Gasteiger partial charge in [0, 0.05) is 47.6 Å². The second-order valence-corrected chi connectivity index (χ2v) is 19.2. The van der Waals surface area contributed by atoms with Crippen LogP contribution in [0.4, 0.5) is 0 Å². The van der Waals surface area contributed by atoms with Gasteiger partial charge in [-0.15, -0.1) is 11.3 Å². The minimum atomic E-state index is -0.398. The van der Waals surface area contributed by atoms with Crippen LogP contribution in [0.1, 0.15) is 22.3 Å². The summed E-state index contributed by atoms with van der Waals surface area (Å²) in [6.07, 6.45) is 0. The Morgan fingerprint density at radius 2 is 0.855 bits per heavy atom.